The summed E-state index contributed by atoms with van der Waals surface area (Å²) < 4.78 is 5.04. The molecule has 0 aliphatic carbocycles. The van der Waals surface area contributed by atoms with Gasteiger partial charge in [0.1, 0.15) is 0 Å². The summed E-state index contributed by atoms with van der Waals surface area (Å²) in [6.07, 6.45) is 1.10. The van der Waals surface area contributed by atoms with Crippen LogP contribution < -0.4 is 0 Å². The van der Waals surface area contributed by atoms with Gasteiger partial charge in [0.25, 0.3) is 0 Å². The first-order valence-electron chi connectivity index (χ1n) is 6.60. The van der Waals surface area contributed by atoms with E-state index in [1.54, 1.807) is 7.11 Å². The number of aryl methyl sites for hydroxylation is 1. The van der Waals surface area contributed by atoms with Gasteiger partial charge in [0, 0.05) is 33.4 Å². The second kappa shape index (κ2) is 8.67. The van der Waals surface area contributed by atoms with Gasteiger partial charge in [-0.2, -0.15) is 0 Å². The number of hydrogen-bond donors (Lipinski definition) is 1. The van der Waals surface area contributed by atoms with E-state index in [-0.39, 0.29) is 6.42 Å². The molecule has 0 atom stereocenters. The Morgan fingerprint density at radius 2 is 1.95 bits per heavy atom. The van der Waals surface area contributed by atoms with Crippen molar-refractivity contribution in [2.45, 2.75) is 26.3 Å². The van der Waals surface area contributed by atoms with Gasteiger partial charge in [0.2, 0.25) is 0 Å². The Morgan fingerprint density at radius 3 is 2.53 bits per heavy atom. The minimum atomic E-state index is -0.749. The molecule has 0 aliphatic heterocycles. The zero-order valence-electron chi connectivity index (χ0n) is 11.8. The van der Waals surface area contributed by atoms with E-state index in [0.29, 0.717) is 13.2 Å². The van der Waals surface area contributed by atoms with E-state index in [4.69, 9.17) is 9.84 Å². The van der Waals surface area contributed by atoms with E-state index in [2.05, 4.69) is 36.1 Å². The molecule has 0 unspecified atom stereocenters. The Labute approximate surface area is 115 Å². The predicted octanol–water partition coefficient (Wildman–Crippen LogP) is 2.31. The van der Waals surface area contributed by atoms with Gasteiger partial charge < -0.3 is 9.84 Å². The molecule has 0 spiro atoms. The number of nitrogens with zero attached hydrogens (tertiary/aromatic N) is 1. The van der Waals surface area contributed by atoms with Crippen LogP contribution in [-0.4, -0.2) is 42.8 Å². The van der Waals surface area contributed by atoms with Crippen LogP contribution in [-0.2, 0) is 16.1 Å². The van der Waals surface area contributed by atoms with Crippen molar-refractivity contribution in [2.24, 2.45) is 0 Å². The number of aliphatic carboxylic acids is 1. The van der Waals surface area contributed by atoms with E-state index < -0.39 is 5.97 Å². The monoisotopic (exact) mass is 265 g/mol. The van der Waals surface area contributed by atoms with Gasteiger partial charge in [0.15, 0.2) is 0 Å². The Kier molecular flexibility index (Phi) is 7.15. The van der Waals surface area contributed by atoms with Crippen molar-refractivity contribution in [1.29, 1.82) is 0 Å². The highest BCUT2D eigenvalue weighted by molar-refractivity contribution is 5.66. The highest BCUT2D eigenvalue weighted by Crippen LogP contribution is 2.08. The molecule has 0 heterocycles. The number of methoxy groups -OCH3 is 1. The first-order valence-corrected chi connectivity index (χ1v) is 6.60. The van der Waals surface area contributed by atoms with Crippen molar-refractivity contribution in [1.82, 2.24) is 4.90 Å². The highest BCUT2D eigenvalue weighted by atomic mass is 16.5. The lowest BCUT2D eigenvalue weighted by Gasteiger charge is -2.21. The third kappa shape index (κ3) is 6.94. The topological polar surface area (TPSA) is 49.8 Å². The molecule has 1 rings (SSSR count). The minimum Gasteiger partial charge on any atom is -0.481 e. The number of benzene rings is 1. The molecule has 106 valence electrons. The average Bonchev–Trinajstić information content (AvgIpc) is 2.38. The molecule has 0 saturated heterocycles. The lowest BCUT2D eigenvalue weighted by atomic mass is 10.1. The Balaban J connectivity index is 2.51. The molecule has 0 aromatic heterocycles. The number of carbonyl (C=O) groups is 1. The van der Waals surface area contributed by atoms with Crippen LogP contribution in [0.4, 0.5) is 0 Å². The fourth-order valence-corrected chi connectivity index (χ4v) is 1.91. The summed E-state index contributed by atoms with van der Waals surface area (Å²) >= 11 is 0. The van der Waals surface area contributed by atoms with E-state index >= 15 is 0 Å². The van der Waals surface area contributed by atoms with Crippen LogP contribution in [0.1, 0.15) is 24.0 Å². The maximum atomic E-state index is 10.7. The SMILES string of the molecule is COCCCN(CCC(=O)O)Cc1ccc(C)cc1. The summed E-state index contributed by atoms with van der Waals surface area (Å²) in [5.74, 6) is -0.749. The van der Waals surface area contributed by atoms with Crippen molar-refractivity contribution in [3.05, 3.63) is 35.4 Å². The summed E-state index contributed by atoms with van der Waals surface area (Å²) in [6.45, 7) is 4.99. The largest absolute Gasteiger partial charge is 0.481 e. The second-order valence-corrected chi connectivity index (χ2v) is 4.75. The summed E-state index contributed by atoms with van der Waals surface area (Å²) in [6, 6.07) is 8.36. The molecule has 1 aromatic rings. The highest BCUT2D eigenvalue weighted by Gasteiger charge is 2.08. The number of carboxylic acid groups (broad SMARTS) is 1. The van der Waals surface area contributed by atoms with Crippen LogP contribution in [0.25, 0.3) is 0 Å². The van der Waals surface area contributed by atoms with Crippen molar-refractivity contribution < 1.29 is 14.6 Å². The van der Waals surface area contributed by atoms with Gasteiger partial charge in [-0.1, -0.05) is 29.8 Å². The molecule has 1 N–H and O–H groups in total. The van der Waals surface area contributed by atoms with Gasteiger partial charge >= 0.3 is 5.97 Å². The van der Waals surface area contributed by atoms with Crippen LogP contribution >= 0.6 is 0 Å². The van der Waals surface area contributed by atoms with Crippen molar-refractivity contribution in [3.8, 4) is 0 Å². The van der Waals surface area contributed by atoms with E-state index in [9.17, 15) is 4.79 Å². The summed E-state index contributed by atoms with van der Waals surface area (Å²) in [5.41, 5.74) is 2.45. The molecular formula is C15H23NO3. The molecule has 19 heavy (non-hydrogen) atoms. The quantitative estimate of drug-likeness (QED) is 0.696. The van der Waals surface area contributed by atoms with Gasteiger partial charge in [-0.25, -0.2) is 0 Å². The summed E-state index contributed by atoms with van der Waals surface area (Å²) in [4.78, 5) is 12.8. The van der Waals surface area contributed by atoms with Gasteiger partial charge in [-0.3, -0.25) is 9.69 Å². The zero-order chi connectivity index (χ0) is 14.1. The number of ether oxygens (including phenoxy) is 1. The standard InChI is InChI=1S/C15H23NO3/c1-13-4-6-14(7-5-13)12-16(9-3-11-19-2)10-8-15(17)18/h4-7H,3,8-12H2,1-2H3,(H,17,18). The predicted molar refractivity (Wildman–Crippen MR) is 75.2 cm³/mol. The Bertz CT molecular complexity index is 375. The third-order valence-corrected chi connectivity index (χ3v) is 2.99. The Hall–Kier alpha value is -1.39. The molecule has 0 fully saturated rings. The second-order valence-electron chi connectivity index (χ2n) is 4.75. The van der Waals surface area contributed by atoms with Crippen LogP contribution in [0.15, 0.2) is 24.3 Å². The normalized spacial score (nSPS) is 10.9. The van der Waals surface area contributed by atoms with E-state index in [1.807, 2.05) is 0 Å². The van der Waals surface area contributed by atoms with Gasteiger partial charge in [-0.15, -0.1) is 0 Å². The smallest absolute Gasteiger partial charge is 0.304 e. The lowest BCUT2D eigenvalue weighted by Crippen LogP contribution is -2.27. The van der Waals surface area contributed by atoms with Crippen LogP contribution in [0.3, 0.4) is 0 Å². The summed E-state index contributed by atoms with van der Waals surface area (Å²) in [5, 5.41) is 8.79. The average molecular weight is 265 g/mol. The Morgan fingerprint density at radius 1 is 1.26 bits per heavy atom. The fourth-order valence-electron chi connectivity index (χ4n) is 1.91. The first-order chi connectivity index (χ1) is 9.11. The third-order valence-electron chi connectivity index (χ3n) is 2.99. The lowest BCUT2D eigenvalue weighted by molar-refractivity contribution is -0.137. The summed E-state index contributed by atoms with van der Waals surface area (Å²) in [7, 11) is 1.68. The van der Waals surface area contributed by atoms with Gasteiger partial charge in [-0.05, 0) is 18.9 Å². The number of rotatable bonds is 9. The van der Waals surface area contributed by atoms with E-state index in [0.717, 1.165) is 19.5 Å². The molecule has 4 heteroatoms. The van der Waals surface area contributed by atoms with Crippen molar-refractivity contribution in [2.75, 3.05) is 26.8 Å². The van der Waals surface area contributed by atoms with Crippen LogP contribution in [0.5, 0.6) is 0 Å². The molecule has 0 radical (unpaired) electrons. The van der Waals surface area contributed by atoms with Gasteiger partial charge in [0.05, 0.1) is 6.42 Å². The maximum absolute atomic E-state index is 10.7. The van der Waals surface area contributed by atoms with Crippen LogP contribution in [0.2, 0.25) is 0 Å². The van der Waals surface area contributed by atoms with E-state index in [1.165, 1.54) is 11.1 Å². The fraction of sp³-hybridized carbons (Fsp3) is 0.533. The molecule has 1 aromatic carbocycles. The van der Waals surface area contributed by atoms with Crippen molar-refractivity contribution >= 4 is 5.97 Å². The first kappa shape index (κ1) is 15.7. The minimum absolute atomic E-state index is 0.179. The van der Waals surface area contributed by atoms with Crippen LogP contribution in [0, 0.1) is 6.92 Å². The maximum Gasteiger partial charge on any atom is 0.304 e. The molecular weight excluding hydrogens is 242 g/mol. The molecule has 0 saturated carbocycles. The number of carboxylic acids is 1. The zero-order valence-corrected chi connectivity index (χ0v) is 11.8. The number of hydrogen-bond acceptors (Lipinski definition) is 3. The molecule has 4 nitrogen and oxygen atoms in total. The molecule has 0 bridgehead atoms. The van der Waals surface area contributed by atoms with Crippen molar-refractivity contribution in [3.63, 3.8) is 0 Å². The molecule has 0 aliphatic rings. The molecule has 0 amide bonds.